The predicted molar refractivity (Wildman–Crippen MR) is 97.8 cm³/mol. The Morgan fingerprint density at radius 3 is 2.38 bits per heavy atom. The molecule has 2 aromatic rings. The summed E-state index contributed by atoms with van der Waals surface area (Å²) in [6, 6.07) is 12.0. The highest BCUT2D eigenvalue weighted by molar-refractivity contribution is 7.51. The summed E-state index contributed by atoms with van der Waals surface area (Å²) in [6.45, 7) is 3.41. The van der Waals surface area contributed by atoms with E-state index in [0.29, 0.717) is 22.3 Å². The number of nitrogens with one attached hydrogen (secondary N) is 1. The Morgan fingerprint density at radius 2 is 1.81 bits per heavy atom. The summed E-state index contributed by atoms with van der Waals surface area (Å²) < 4.78 is 21.9. The molecule has 0 aromatic heterocycles. The van der Waals surface area contributed by atoms with Crippen molar-refractivity contribution in [1.29, 1.82) is 0 Å². The number of carbonyl (C=O) groups is 1. The van der Waals surface area contributed by atoms with Gasteiger partial charge in [0.1, 0.15) is 23.5 Å². The fraction of sp³-hybridized carbons (Fsp3) is 0.235. The van der Waals surface area contributed by atoms with E-state index in [1.54, 1.807) is 36.4 Å². The number of benzene rings is 2. The van der Waals surface area contributed by atoms with Crippen LogP contribution in [0, 0.1) is 6.92 Å². The van der Waals surface area contributed by atoms with Gasteiger partial charge in [0.05, 0.1) is 5.02 Å². The minimum atomic E-state index is -4.30. The van der Waals surface area contributed by atoms with Crippen molar-refractivity contribution in [2.24, 2.45) is 0 Å². The molecule has 7 nitrogen and oxygen atoms in total. The zero-order valence-electron chi connectivity index (χ0n) is 14.2. The lowest BCUT2D eigenvalue weighted by Gasteiger charge is -2.15. The van der Waals surface area contributed by atoms with Crippen LogP contribution in [0.1, 0.15) is 12.5 Å². The monoisotopic (exact) mass is 399 g/mol. The highest BCUT2D eigenvalue weighted by atomic mass is 35.5. The first-order valence-electron chi connectivity index (χ1n) is 7.67. The van der Waals surface area contributed by atoms with Crippen LogP contribution in [0.25, 0.3) is 0 Å². The quantitative estimate of drug-likeness (QED) is 0.616. The summed E-state index contributed by atoms with van der Waals surface area (Å²) in [5, 5.41) is 2.63. The van der Waals surface area contributed by atoms with Gasteiger partial charge in [-0.2, -0.15) is 0 Å². The number of rotatable bonds is 7. The molecule has 0 saturated heterocycles. The topological polar surface area (TPSA) is 105 Å². The van der Waals surface area contributed by atoms with E-state index in [0.717, 1.165) is 5.56 Å². The van der Waals surface area contributed by atoms with Crippen molar-refractivity contribution in [3.63, 3.8) is 0 Å². The predicted octanol–water partition coefficient (Wildman–Crippen LogP) is 3.46. The van der Waals surface area contributed by atoms with Crippen LogP contribution in [0.2, 0.25) is 5.02 Å². The van der Waals surface area contributed by atoms with Crippen LogP contribution >= 0.6 is 19.2 Å². The number of ether oxygens (including phenoxy) is 2. The van der Waals surface area contributed by atoms with Crippen LogP contribution in [0.5, 0.6) is 17.2 Å². The first-order chi connectivity index (χ1) is 12.1. The molecule has 0 saturated carbocycles. The second-order valence-corrected chi connectivity index (χ2v) is 7.68. The van der Waals surface area contributed by atoms with E-state index in [9.17, 15) is 9.36 Å². The normalized spacial score (nSPS) is 12.3. The molecule has 0 radical (unpaired) electrons. The fourth-order valence-corrected chi connectivity index (χ4v) is 2.62. The van der Waals surface area contributed by atoms with E-state index in [-0.39, 0.29) is 0 Å². The summed E-state index contributed by atoms with van der Waals surface area (Å²) in [4.78, 5) is 29.3. The number of hydrogen-bond donors (Lipinski definition) is 3. The van der Waals surface area contributed by atoms with Gasteiger partial charge in [-0.05, 0) is 55.8 Å². The van der Waals surface area contributed by atoms with E-state index in [1.165, 1.54) is 6.92 Å². The number of carbonyl (C=O) groups excluding carboxylic acids is 1. The van der Waals surface area contributed by atoms with Gasteiger partial charge in [-0.25, -0.2) is 0 Å². The lowest BCUT2D eigenvalue weighted by Crippen LogP contribution is -2.36. The molecule has 1 atom stereocenters. The van der Waals surface area contributed by atoms with Gasteiger partial charge < -0.3 is 24.6 Å². The Bertz CT molecular complexity index is 821. The molecule has 1 amide bonds. The van der Waals surface area contributed by atoms with Crippen molar-refractivity contribution in [2.75, 3.05) is 6.29 Å². The van der Waals surface area contributed by atoms with E-state index in [4.69, 9.17) is 30.9 Å². The van der Waals surface area contributed by atoms with Gasteiger partial charge in [0.15, 0.2) is 6.10 Å². The van der Waals surface area contributed by atoms with E-state index in [1.807, 2.05) is 13.0 Å². The van der Waals surface area contributed by atoms with Gasteiger partial charge in [-0.1, -0.05) is 17.7 Å². The summed E-state index contributed by atoms with van der Waals surface area (Å²) in [5.74, 6) is 0.851. The number of amides is 1. The molecule has 0 bridgehead atoms. The van der Waals surface area contributed by atoms with E-state index >= 15 is 0 Å². The van der Waals surface area contributed by atoms with Gasteiger partial charge in [0.2, 0.25) is 0 Å². The molecular formula is C17H19ClNO6P. The molecule has 3 N–H and O–H groups in total. The Morgan fingerprint density at radius 1 is 1.19 bits per heavy atom. The van der Waals surface area contributed by atoms with Gasteiger partial charge >= 0.3 is 7.60 Å². The van der Waals surface area contributed by atoms with Gasteiger partial charge in [0.25, 0.3) is 5.91 Å². The highest BCUT2D eigenvalue weighted by Crippen LogP contribution is 2.32. The largest absolute Gasteiger partial charge is 0.481 e. The van der Waals surface area contributed by atoms with Crippen LogP contribution in [0.4, 0.5) is 0 Å². The van der Waals surface area contributed by atoms with Crippen LogP contribution in [0.15, 0.2) is 42.5 Å². The van der Waals surface area contributed by atoms with Crippen LogP contribution in [0.3, 0.4) is 0 Å². The Labute approximate surface area is 156 Å². The summed E-state index contributed by atoms with van der Waals surface area (Å²) in [7, 11) is -4.30. The molecule has 0 aliphatic carbocycles. The molecule has 0 aliphatic rings. The van der Waals surface area contributed by atoms with Gasteiger partial charge in [0, 0.05) is 0 Å². The molecule has 0 spiro atoms. The van der Waals surface area contributed by atoms with Crippen molar-refractivity contribution in [3.05, 3.63) is 53.1 Å². The summed E-state index contributed by atoms with van der Waals surface area (Å²) >= 11 is 6.13. The van der Waals surface area contributed by atoms with Crippen LogP contribution in [-0.2, 0) is 9.36 Å². The summed E-state index contributed by atoms with van der Waals surface area (Å²) in [6.07, 6.45) is -1.65. The lowest BCUT2D eigenvalue weighted by molar-refractivity contribution is -0.127. The third-order valence-corrected chi connectivity index (χ3v) is 4.15. The highest BCUT2D eigenvalue weighted by Gasteiger charge is 2.19. The first-order valence-corrected chi connectivity index (χ1v) is 9.84. The van der Waals surface area contributed by atoms with Gasteiger partial charge in [-0.3, -0.25) is 9.36 Å². The second-order valence-electron chi connectivity index (χ2n) is 5.63. The lowest BCUT2D eigenvalue weighted by atomic mass is 10.2. The minimum absolute atomic E-state index is 0.409. The van der Waals surface area contributed by atoms with Crippen LogP contribution < -0.4 is 14.8 Å². The Kier molecular flexibility index (Phi) is 6.67. The van der Waals surface area contributed by atoms with E-state index < -0.39 is 25.9 Å². The second kappa shape index (κ2) is 8.56. The third-order valence-electron chi connectivity index (χ3n) is 3.28. The zero-order chi connectivity index (χ0) is 19.3. The molecule has 1 unspecified atom stereocenters. The Hall–Kier alpha value is -2.05. The van der Waals surface area contributed by atoms with Gasteiger partial charge in [-0.15, -0.1) is 0 Å². The standard InChI is InChI=1S/C17H19ClNO6P/c1-11-3-8-16(15(18)9-11)25-14-6-4-13(5-7-14)24-12(2)17(20)19-10-26(21,22)23/h3-9,12H,10H2,1-2H3,(H,19,20)(H2,21,22,23). The molecule has 2 rings (SSSR count). The number of aryl methyl sites for hydroxylation is 1. The molecule has 26 heavy (non-hydrogen) atoms. The first kappa shape index (κ1) is 20.3. The molecule has 2 aromatic carbocycles. The van der Waals surface area contributed by atoms with Crippen LogP contribution in [-0.4, -0.2) is 28.1 Å². The zero-order valence-corrected chi connectivity index (χ0v) is 15.8. The molecule has 9 heteroatoms. The summed E-state index contributed by atoms with van der Waals surface area (Å²) in [5.41, 5.74) is 1.03. The smallest absolute Gasteiger partial charge is 0.344 e. The third kappa shape index (κ3) is 6.35. The maximum Gasteiger partial charge on any atom is 0.344 e. The average Bonchev–Trinajstić information content (AvgIpc) is 2.56. The SMILES string of the molecule is Cc1ccc(Oc2ccc(OC(C)C(=O)NCP(=O)(O)O)cc2)c(Cl)c1. The van der Waals surface area contributed by atoms with Crippen molar-refractivity contribution in [2.45, 2.75) is 20.0 Å². The molecule has 0 aliphatic heterocycles. The molecule has 0 fully saturated rings. The fourth-order valence-electron chi connectivity index (χ4n) is 1.98. The van der Waals surface area contributed by atoms with Crippen molar-refractivity contribution in [3.8, 4) is 17.2 Å². The van der Waals surface area contributed by atoms with Crippen molar-refractivity contribution in [1.82, 2.24) is 5.32 Å². The van der Waals surface area contributed by atoms with Crippen molar-refractivity contribution < 1.29 is 28.6 Å². The van der Waals surface area contributed by atoms with Crippen molar-refractivity contribution >= 4 is 25.1 Å². The number of hydrogen-bond acceptors (Lipinski definition) is 4. The maximum atomic E-state index is 11.7. The maximum absolute atomic E-state index is 11.7. The van der Waals surface area contributed by atoms with E-state index in [2.05, 4.69) is 5.32 Å². The molecular weight excluding hydrogens is 381 g/mol. The Balaban J connectivity index is 1.94. The average molecular weight is 400 g/mol. The number of halogens is 1. The minimum Gasteiger partial charge on any atom is -0.481 e. The molecule has 0 heterocycles. The molecule has 140 valence electrons.